The third-order valence-corrected chi connectivity index (χ3v) is 3.01. The van der Waals surface area contributed by atoms with E-state index in [0.717, 1.165) is 17.3 Å². The first kappa shape index (κ1) is 14.0. The lowest BCUT2D eigenvalue weighted by Crippen LogP contribution is -2.13. The second kappa shape index (κ2) is 6.64. The van der Waals surface area contributed by atoms with E-state index in [9.17, 15) is 4.79 Å². The minimum atomic E-state index is -0.355. The van der Waals surface area contributed by atoms with Crippen LogP contribution in [0.3, 0.4) is 0 Å². The molecule has 0 heterocycles. The molecular weight excluding hydrogens is 282 g/mol. The predicted molar refractivity (Wildman–Crippen MR) is 72.9 cm³/mol. The van der Waals surface area contributed by atoms with Crippen LogP contribution in [0.4, 0.5) is 5.69 Å². The van der Waals surface area contributed by atoms with Crippen LogP contribution in [0.1, 0.15) is 37.0 Å². The largest absolute Gasteiger partial charge is 0.462 e. The number of hydrogen-bond acceptors (Lipinski definition) is 3. The predicted octanol–water partition coefficient (Wildman–Crippen LogP) is 3.62. The van der Waals surface area contributed by atoms with Crippen molar-refractivity contribution in [3.8, 4) is 0 Å². The first-order chi connectivity index (χ1) is 8.04. The van der Waals surface area contributed by atoms with Gasteiger partial charge in [-0.05, 0) is 30.5 Å². The van der Waals surface area contributed by atoms with Crippen LogP contribution in [0.15, 0.2) is 22.7 Å². The molecule has 3 nitrogen and oxygen atoms in total. The third kappa shape index (κ3) is 4.38. The zero-order valence-corrected chi connectivity index (χ0v) is 11.8. The van der Waals surface area contributed by atoms with Gasteiger partial charge in [-0.2, -0.15) is 0 Å². The quantitative estimate of drug-likeness (QED) is 0.667. The molecule has 1 atom stereocenters. The molecule has 4 heteroatoms. The van der Waals surface area contributed by atoms with Crippen molar-refractivity contribution in [2.24, 2.45) is 5.92 Å². The van der Waals surface area contributed by atoms with Gasteiger partial charge in [0, 0.05) is 10.2 Å². The van der Waals surface area contributed by atoms with Crippen molar-refractivity contribution in [3.63, 3.8) is 0 Å². The summed E-state index contributed by atoms with van der Waals surface area (Å²) in [5.41, 5.74) is 6.60. The number of anilines is 1. The van der Waals surface area contributed by atoms with Crippen molar-refractivity contribution in [3.05, 3.63) is 28.2 Å². The van der Waals surface area contributed by atoms with Gasteiger partial charge in [0.2, 0.25) is 0 Å². The Balaban J connectivity index is 2.61. The monoisotopic (exact) mass is 299 g/mol. The molecule has 1 aromatic carbocycles. The summed E-state index contributed by atoms with van der Waals surface area (Å²) in [6.07, 6.45) is 2.15. The highest BCUT2D eigenvalue weighted by atomic mass is 79.9. The lowest BCUT2D eigenvalue weighted by molar-refractivity contribution is 0.0445. The molecular formula is C13H18BrNO2. The Hall–Kier alpha value is -1.03. The van der Waals surface area contributed by atoms with E-state index in [0.29, 0.717) is 23.8 Å². The number of ether oxygens (including phenoxy) is 1. The molecule has 2 N–H and O–H groups in total. The van der Waals surface area contributed by atoms with Crippen LogP contribution in [0.2, 0.25) is 0 Å². The Morgan fingerprint density at radius 1 is 1.53 bits per heavy atom. The molecule has 0 radical (unpaired) electrons. The van der Waals surface area contributed by atoms with Gasteiger partial charge in [0.05, 0.1) is 12.2 Å². The Labute approximate surface area is 110 Å². The molecule has 0 bridgehead atoms. The fourth-order valence-corrected chi connectivity index (χ4v) is 1.94. The highest BCUT2D eigenvalue weighted by molar-refractivity contribution is 9.10. The lowest BCUT2D eigenvalue weighted by Gasteiger charge is -2.11. The van der Waals surface area contributed by atoms with Gasteiger partial charge in [0.25, 0.3) is 0 Å². The molecule has 17 heavy (non-hydrogen) atoms. The molecule has 94 valence electrons. The standard InChI is InChI=1S/C13H18BrNO2/c1-3-4-9(2)8-17-13(16)11-7-10(14)5-6-12(11)15/h5-7,9H,3-4,8,15H2,1-2H3. The molecule has 0 amide bonds. The number of carbonyl (C=O) groups is 1. The second-order valence-corrected chi connectivity index (χ2v) is 5.14. The first-order valence-electron chi connectivity index (χ1n) is 5.76. The minimum Gasteiger partial charge on any atom is -0.462 e. The van der Waals surface area contributed by atoms with E-state index in [2.05, 4.69) is 29.8 Å². The number of esters is 1. The van der Waals surface area contributed by atoms with E-state index in [1.807, 2.05) is 0 Å². The topological polar surface area (TPSA) is 52.3 Å². The van der Waals surface area contributed by atoms with E-state index in [1.54, 1.807) is 18.2 Å². The number of carbonyl (C=O) groups excluding carboxylic acids is 1. The summed E-state index contributed by atoms with van der Waals surface area (Å²) < 4.78 is 6.06. The molecule has 0 aliphatic carbocycles. The number of rotatable bonds is 5. The smallest absolute Gasteiger partial charge is 0.340 e. The average molecular weight is 300 g/mol. The van der Waals surface area contributed by atoms with Crippen LogP contribution in [-0.2, 0) is 4.74 Å². The van der Waals surface area contributed by atoms with Gasteiger partial charge in [0.15, 0.2) is 0 Å². The number of nitrogen functional groups attached to an aromatic ring is 1. The van der Waals surface area contributed by atoms with Crippen molar-refractivity contribution in [2.45, 2.75) is 26.7 Å². The van der Waals surface area contributed by atoms with Gasteiger partial charge < -0.3 is 10.5 Å². The Morgan fingerprint density at radius 3 is 2.88 bits per heavy atom. The third-order valence-electron chi connectivity index (χ3n) is 2.52. The molecule has 0 saturated heterocycles. The van der Waals surface area contributed by atoms with Gasteiger partial charge in [0.1, 0.15) is 0 Å². The maximum Gasteiger partial charge on any atom is 0.340 e. The number of hydrogen-bond donors (Lipinski definition) is 1. The Bertz CT molecular complexity index is 393. The Kier molecular flexibility index (Phi) is 5.48. The van der Waals surface area contributed by atoms with Crippen LogP contribution >= 0.6 is 15.9 Å². The van der Waals surface area contributed by atoms with E-state index in [1.165, 1.54) is 0 Å². The SMILES string of the molecule is CCCC(C)COC(=O)c1cc(Br)ccc1N. The van der Waals surface area contributed by atoms with Crippen molar-refractivity contribution in [2.75, 3.05) is 12.3 Å². The molecule has 0 aromatic heterocycles. The van der Waals surface area contributed by atoms with Crippen molar-refractivity contribution >= 4 is 27.6 Å². The lowest BCUT2D eigenvalue weighted by atomic mass is 10.1. The van der Waals surface area contributed by atoms with Crippen LogP contribution in [0.25, 0.3) is 0 Å². The molecule has 0 spiro atoms. The van der Waals surface area contributed by atoms with E-state index >= 15 is 0 Å². The number of benzene rings is 1. The molecule has 1 unspecified atom stereocenters. The van der Waals surface area contributed by atoms with Gasteiger partial charge in [-0.15, -0.1) is 0 Å². The number of halogens is 1. The minimum absolute atomic E-state index is 0.355. The second-order valence-electron chi connectivity index (χ2n) is 4.22. The summed E-state index contributed by atoms with van der Waals surface area (Å²) in [5.74, 6) is 0.0316. The van der Waals surface area contributed by atoms with Gasteiger partial charge in [-0.3, -0.25) is 0 Å². The molecule has 0 aliphatic rings. The number of nitrogens with two attached hydrogens (primary N) is 1. The molecule has 0 fully saturated rings. The highest BCUT2D eigenvalue weighted by Crippen LogP contribution is 2.19. The molecule has 1 rings (SSSR count). The summed E-state index contributed by atoms with van der Waals surface area (Å²) in [4.78, 5) is 11.8. The molecule has 0 saturated carbocycles. The summed E-state index contributed by atoms with van der Waals surface area (Å²) in [6.45, 7) is 4.63. The average Bonchev–Trinajstić information content (AvgIpc) is 2.29. The van der Waals surface area contributed by atoms with Gasteiger partial charge >= 0.3 is 5.97 Å². The zero-order valence-electron chi connectivity index (χ0n) is 10.2. The summed E-state index contributed by atoms with van der Waals surface area (Å²) in [6, 6.07) is 5.17. The van der Waals surface area contributed by atoms with Gasteiger partial charge in [-0.1, -0.05) is 36.2 Å². The summed E-state index contributed by atoms with van der Waals surface area (Å²) in [7, 11) is 0. The van der Waals surface area contributed by atoms with E-state index in [4.69, 9.17) is 10.5 Å². The molecule has 0 aliphatic heterocycles. The maximum absolute atomic E-state index is 11.8. The maximum atomic E-state index is 11.8. The van der Waals surface area contributed by atoms with E-state index in [-0.39, 0.29) is 5.97 Å². The van der Waals surface area contributed by atoms with Gasteiger partial charge in [-0.25, -0.2) is 4.79 Å². The van der Waals surface area contributed by atoms with Crippen LogP contribution < -0.4 is 5.73 Å². The van der Waals surface area contributed by atoms with Crippen molar-refractivity contribution in [1.29, 1.82) is 0 Å². The Morgan fingerprint density at radius 2 is 2.24 bits per heavy atom. The fourth-order valence-electron chi connectivity index (χ4n) is 1.58. The van der Waals surface area contributed by atoms with E-state index < -0.39 is 0 Å². The van der Waals surface area contributed by atoms with Crippen molar-refractivity contribution < 1.29 is 9.53 Å². The first-order valence-corrected chi connectivity index (χ1v) is 6.56. The highest BCUT2D eigenvalue weighted by Gasteiger charge is 2.13. The zero-order chi connectivity index (χ0) is 12.8. The van der Waals surface area contributed by atoms with Crippen LogP contribution in [0, 0.1) is 5.92 Å². The summed E-state index contributed by atoms with van der Waals surface area (Å²) in [5, 5.41) is 0. The van der Waals surface area contributed by atoms with Crippen LogP contribution in [-0.4, -0.2) is 12.6 Å². The molecule has 1 aromatic rings. The fraction of sp³-hybridized carbons (Fsp3) is 0.462. The van der Waals surface area contributed by atoms with Crippen LogP contribution in [0.5, 0.6) is 0 Å². The normalized spacial score (nSPS) is 12.2. The van der Waals surface area contributed by atoms with Crippen molar-refractivity contribution in [1.82, 2.24) is 0 Å². The summed E-state index contributed by atoms with van der Waals surface area (Å²) >= 11 is 3.31.